The summed E-state index contributed by atoms with van der Waals surface area (Å²) in [6.45, 7) is 6.17. The van der Waals surface area contributed by atoms with E-state index in [1.54, 1.807) is 0 Å². The molecule has 1 spiro atoms. The Kier molecular flexibility index (Phi) is 3.83. The van der Waals surface area contributed by atoms with Crippen molar-refractivity contribution < 1.29 is 9.47 Å². The van der Waals surface area contributed by atoms with Gasteiger partial charge in [-0.25, -0.2) is 9.97 Å². The fourth-order valence-corrected chi connectivity index (χ4v) is 4.28. The highest BCUT2D eigenvalue weighted by Gasteiger charge is 2.40. The molecule has 26 heavy (non-hydrogen) atoms. The SMILES string of the molecule is Cc1nc(N2CCC3(CC2)OCCO3)cc(N2CCc3ccccc32)n1. The maximum atomic E-state index is 5.84. The number of hydrogen-bond donors (Lipinski definition) is 0. The van der Waals surface area contributed by atoms with E-state index in [2.05, 4.69) is 40.1 Å². The van der Waals surface area contributed by atoms with E-state index in [0.717, 1.165) is 56.4 Å². The van der Waals surface area contributed by atoms with Crippen molar-refractivity contribution in [3.8, 4) is 0 Å². The molecule has 0 bridgehead atoms. The monoisotopic (exact) mass is 352 g/mol. The molecule has 0 atom stereocenters. The van der Waals surface area contributed by atoms with Gasteiger partial charge in [-0.1, -0.05) is 18.2 Å². The van der Waals surface area contributed by atoms with Crippen LogP contribution < -0.4 is 9.80 Å². The Labute approximate surface area is 153 Å². The molecule has 3 aliphatic rings. The van der Waals surface area contributed by atoms with Crippen molar-refractivity contribution >= 4 is 17.3 Å². The third-order valence-electron chi connectivity index (χ3n) is 5.64. The summed E-state index contributed by atoms with van der Waals surface area (Å²) >= 11 is 0. The van der Waals surface area contributed by atoms with Gasteiger partial charge in [0.15, 0.2) is 5.79 Å². The third-order valence-corrected chi connectivity index (χ3v) is 5.64. The maximum Gasteiger partial charge on any atom is 0.171 e. The Morgan fingerprint density at radius 3 is 2.50 bits per heavy atom. The average Bonchev–Trinajstić information content (AvgIpc) is 3.29. The van der Waals surface area contributed by atoms with Crippen LogP contribution in [0.2, 0.25) is 0 Å². The molecule has 2 aromatic rings. The van der Waals surface area contributed by atoms with Crippen LogP contribution in [0.1, 0.15) is 24.2 Å². The molecule has 0 saturated carbocycles. The Bertz CT molecular complexity index is 809. The van der Waals surface area contributed by atoms with Gasteiger partial charge in [0.2, 0.25) is 0 Å². The largest absolute Gasteiger partial charge is 0.356 e. The van der Waals surface area contributed by atoms with Gasteiger partial charge in [0.05, 0.1) is 13.2 Å². The lowest BCUT2D eigenvalue weighted by molar-refractivity contribution is -0.169. The number of rotatable bonds is 2. The fraction of sp³-hybridized carbons (Fsp3) is 0.500. The van der Waals surface area contributed by atoms with Crippen molar-refractivity contribution in [1.82, 2.24) is 9.97 Å². The van der Waals surface area contributed by atoms with Gasteiger partial charge < -0.3 is 19.3 Å². The number of aryl methyl sites for hydroxylation is 1. The standard InChI is InChI=1S/C20H24N4O2/c1-15-21-18(23-10-7-20(8-11-23)25-12-13-26-20)14-19(22-15)24-9-6-16-4-2-3-5-17(16)24/h2-5,14H,6-13H2,1H3. The van der Waals surface area contributed by atoms with Gasteiger partial charge in [0.25, 0.3) is 0 Å². The van der Waals surface area contributed by atoms with Gasteiger partial charge >= 0.3 is 0 Å². The molecule has 6 heteroatoms. The minimum Gasteiger partial charge on any atom is -0.356 e. The first-order chi connectivity index (χ1) is 12.7. The molecule has 0 radical (unpaired) electrons. The summed E-state index contributed by atoms with van der Waals surface area (Å²) in [5, 5.41) is 0. The summed E-state index contributed by atoms with van der Waals surface area (Å²) in [7, 11) is 0. The van der Waals surface area contributed by atoms with Crippen LogP contribution in [-0.4, -0.2) is 48.6 Å². The summed E-state index contributed by atoms with van der Waals surface area (Å²) in [4.78, 5) is 14.1. The molecule has 2 saturated heterocycles. The first kappa shape index (κ1) is 16.0. The van der Waals surface area contributed by atoms with Crippen LogP contribution in [-0.2, 0) is 15.9 Å². The van der Waals surface area contributed by atoms with Crippen molar-refractivity contribution in [2.45, 2.75) is 32.0 Å². The Morgan fingerprint density at radius 2 is 1.69 bits per heavy atom. The summed E-state index contributed by atoms with van der Waals surface area (Å²) in [6, 6.07) is 10.7. The zero-order chi connectivity index (χ0) is 17.6. The molecule has 3 aliphatic heterocycles. The van der Waals surface area contributed by atoms with Crippen LogP contribution in [0.4, 0.5) is 17.3 Å². The van der Waals surface area contributed by atoms with Gasteiger partial charge in [-0.15, -0.1) is 0 Å². The number of para-hydroxylation sites is 1. The van der Waals surface area contributed by atoms with E-state index in [4.69, 9.17) is 19.4 Å². The topological polar surface area (TPSA) is 50.7 Å². The van der Waals surface area contributed by atoms with Crippen LogP contribution in [0.3, 0.4) is 0 Å². The second-order valence-electron chi connectivity index (χ2n) is 7.26. The molecule has 0 amide bonds. The Hall–Kier alpha value is -2.18. The van der Waals surface area contributed by atoms with Crippen molar-refractivity contribution in [3.05, 3.63) is 41.7 Å². The predicted molar refractivity (Wildman–Crippen MR) is 100 cm³/mol. The van der Waals surface area contributed by atoms with Crippen LogP contribution in [0, 0.1) is 6.92 Å². The minimum absolute atomic E-state index is 0.352. The van der Waals surface area contributed by atoms with Crippen molar-refractivity contribution in [2.75, 3.05) is 42.6 Å². The normalized spacial score (nSPS) is 21.4. The predicted octanol–water partition coefficient (Wildman–Crippen LogP) is 2.82. The highest BCUT2D eigenvalue weighted by molar-refractivity contribution is 5.69. The number of piperidine rings is 1. The summed E-state index contributed by atoms with van der Waals surface area (Å²) in [5.41, 5.74) is 2.66. The average molecular weight is 352 g/mol. The summed E-state index contributed by atoms with van der Waals surface area (Å²) in [6.07, 6.45) is 2.84. The molecule has 5 rings (SSSR count). The molecule has 4 heterocycles. The van der Waals surface area contributed by atoms with Crippen LogP contribution in [0.25, 0.3) is 0 Å². The first-order valence-corrected chi connectivity index (χ1v) is 9.46. The molecule has 1 aromatic carbocycles. The van der Waals surface area contributed by atoms with Crippen LogP contribution in [0.15, 0.2) is 30.3 Å². The Balaban J connectivity index is 1.40. The first-order valence-electron chi connectivity index (χ1n) is 9.46. The molecule has 0 unspecified atom stereocenters. The smallest absolute Gasteiger partial charge is 0.171 e. The molecule has 0 N–H and O–H groups in total. The Morgan fingerprint density at radius 1 is 0.962 bits per heavy atom. The van der Waals surface area contributed by atoms with Gasteiger partial charge in [0, 0.05) is 44.2 Å². The number of ether oxygens (including phenoxy) is 2. The number of nitrogens with zero attached hydrogens (tertiary/aromatic N) is 4. The van der Waals surface area contributed by atoms with Gasteiger partial charge in [-0.2, -0.15) is 0 Å². The highest BCUT2D eigenvalue weighted by atomic mass is 16.7. The molecule has 1 aromatic heterocycles. The zero-order valence-electron chi connectivity index (χ0n) is 15.1. The van der Waals surface area contributed by atoms with Gasteiger partial charge in [0.1, 0.15) is 17.5 Å². The van der Waals surface area contributed by atoms with Gasteiger partial charge in [-0.05, 0) is 25.0 Å². The maximum absolute atomic E-state index is 5.84. The third kappa shape index (κ3) is 2.73. The molecule has 136 valence electrons. The van der Waals surface area contributed by atoms with Crippen molar-refractivity contribution in [3.63, 3.8) is 0 Å². The number of aromatic nitrogens is 2. The lowest BCUT2D eigenvalue weighted by Crippen LogP contribution is -2.45. The van der Waals surface area contributed by atoms with Crippen molar-refractivity contribution in [1.29, 1.82) is 0 Å². The van der Waals surface area contributed by atoms with E-state index in [9.17, 15) is 0 Å². The molecule has 2 fully saturated rings. The molecular weight excluding hydrogens is 328 g/mol. The van der Waals surface area contributed by atoms with E-state index in [1.807, 2.05) is 6.92 Å². The van der Waals surface area contributed by atoms with E-state index in [-0.39, 0.29) is 5.79 Å². The number of fused-ring (bicyclic) bond motifs is 1. The lowest BCUT2D eigenvalue weighted by Gasteiger charge is -2.38. The fourth-order valence-electron chi connectivity index (χ4n) is 4.28. The molecule has 0 aliphatic carbocycles. The highest BCUT2D eigenvalue weighted by Crippen LogP contribution is 2.36. The molecular formula is C20H24N4O2. The second kappa shape index (κ2) is 6.21. The zero-order valence-corrected chi connectivity index (χ0v) is 15.1. The summed E-state index contributed by atoms with van der Waals surface area (Å²) in [5.74, 6) is 2.46. The van der Waals surface area contributed by atoms with E-state index in [0.29, 0.717) is 13.2 Å². The number of anilines is 3. The van der Waals surface area contributed by atoms with E-state index < -0.39 is 0 Å². The molecule has 6 nitrogen and oxygen atoms in total. The van der Waals surface area contributed by atoms with E-state index >= 15 is 0 Å². The quantitative estimate of drug-likeness (QED) is 0.828. The van der Waals surface area contributed by atoms with Gasteiger partial charge in [-0.3, -0.25) is 0 Å². The summed E-state index contributed by atoms with van der Waals surface area (Å²) < 4.78 is 11.7. The second-order valence-corrected chi connectivity index (χ2v) is 7.26. The number of benzene rings is 1. The lowest BCUT2D eigenvalue weighted by atomic mass is 10.0. The number of hydrogen-bond acceptors (Lipinski definition) is 6. The van der Waals surface area contributed by atoms with E-state index in [1.165, 1.54) is 11.3 Å². The van der Waals surface area contributed by atoms with Crippen LogP contribution >= 0.6 is 0 Å². The minimum atomic E-state index is -0.352. The van der Waals surface area contributed by atoms with Crippen molar-refractivity contribution in [2.24, 2.45) is 0 Å². The van der Waals surface area contributed by atoms with Crippen LogP contribution in [0.5, 0.6) is 0 Å².